The van der Waals surface area contributed by atoms with Crippen molar-refractivity contribution in [2.45, 2.75) is 39.0 Å². The zero-order chi connectivity index (χ0) is 12.2. The van der Waals surface area contributed by atoms with Crippen LogP contribution in [0.4, 0.5) is 0 Å². The van der Waals surface area contributed by atoms with Gasteiger partial charge in [0.05, 0.1) is 6.61 Å². The lowest BCUT2D eigenvalue weighted by Gasteiger charge is -2.15. The Kier molecular flexibility index (Phi) is 10.5. The van der Waals surface area contributed by atoms with E-state index < -0.39 is 0 Å². The molecule has 0 aromatic rings. The van der Waals surface area contributed by atoms with Crippen molar-refractivity contribution in [2.24, 2.45) is 5.73 Å². The van der Waals surface area contributed by atoms with Gasteiger partial charge < -0.3 is 15.4 Å². The van der Waals surface area contributed by atoms with Gasteiger partial charge in [0, 0.05) is 6.42 Å². The Labute approximate surface area is 99.1 Å². The highest BCUT2D eigenvalue weighted by molar-refractivity contribution is 5.69. The smallest absolute Gasteiger partial charge is 0.305 e. The van der Waals surface area contributed by atoms with Crippen LogP contribution in [0.25, 0.3) is 0 Å². The summed E-state index contributed by atoms with van der Waals surface area (Å²) in [5.41, 5.74) is 5.44. The lowest BCUT2D eigenvalue weighted by atomic mass is 10.2. The minimum absolute atomic E-state index is 0.0704. The van der Waals surface area contributed by atoms with Crippen LogP contribution in [0, 0.1) is 0 Å². The van der Waals surface area contributed by atoms with E-state index >= 15 is 0 Å². The monoisotopic (exact) mass is 230 g/mol. The zero-order valence-electron chi connectivity index (χ0n) is 10.7. The van der Waals surface area contributed by atoms with Crippen LogP contribution in [-0.2, 0) is 9.53 Å². The largest absolute Gasteiger partial charge is 0.466 e. The van der Waals surface area contributed by atoms with Gasteiger partial charge in [0.2, 0.25) is 0 Å². The average Bonchev–Trinajstić information content (AvgIpc) is 2.26. The van der Waals surface area contributed by atoms with Crippen LogP contribution >= 0.6 is 0 Å². The molecule has 0 aliphatic heterocycles. The maximum absolute atomic E-state index is 11.0. The molecular weight excluding hydrogens is 204 g/mol. The van der Waals surface area contributed by atoms with Crippen molar-refractivity contribution in [1.82, 2.24) is 4.90 Å². The first-order valence-electron chi connectivity index (χ1n) is 6.25. The summed E-state index contributed by atoms with van der Waals surface area (Å²) in [5, 5.41) is 0. The summed E-state index contributed by atoms with van der Waals surface area (Å²) in [4.78, 5) is 13.3. The van der Waals surface area contributed by atoms with Crippen molar-refractivity contribution in [3.63, 3.8) is 0 Å². The highest BCUT2D eigenvalue weighted by Gasteiger charge is 2.01. The van der Waals surface area contributed by atoms with Crippen molar-refractivity contribution in [2.75, 3.05) is 33.3 Å². The molecule has 0 saturated heterocycles. The molecule has 0 atom stereocenters. The van der Waals surface area contributed by atoms with E-state index in [-0.39, 0.29) is 5.97 Å². The number of hydrogen-bond donors (Lipinski definition) is 1. The van der Waals surface area contributed by atoms with E-state index in [1.165, 1.54) is 0 Å². The molecule has 16 heavy (non-hydrogen) atoms. The molecule has 96 valence electrons. The zero-order valence-corrected chi connectivity index (χ0v) is 10.7. The first kappa shape index (κ1) is 15.4. The highest BCUT2D eigenvalue weighted by atomic mass is 16.5. The summed E-state index contributed by atoms with van der Waals surface area (Å²) in [6.45, 7) is 5.23. The number of carbonyl (C=O) groups excluding carboxylic acids is 1. The quantitative estimate of drug-likeness (QED) is 0.455. The van der Waals surface area contributed by atoms with Crippen LogP contribution in [0.5, 0.6) is 0 Å². The molecule has 0 heterocycles. The van der Waals surface area contributed by atoms with E-state index in [4.69, 9.17) is 10.5 Å². The Morgan fingerprint density at radius 2 is 1.88 bits per heavy atom. The van der Waals surface area contributed by atoms with E-state index in [2.05, 4.69) is 11.9 Å². The van der Waals surface area contributed by atoms with Crippen LogP contribution < -0.4 is 5.73 Å². The molecule has 0 radical (unpaired) electrons. The highest BCUT2D eigenvalue weighted by Crippen LogP contribution is 2.02. The van der Waals surface area contributed by atoms with Crippen molar-refractivity contribution in [1.29, 1.82) is 0 Å². The molecular formula is C12H26N2O2. The van der Waals surface area contributed by atoms with E-state index in [1.54, 1.807) is 0 Å². The topological polar surface area (TPSA) is 55.6 Å². The fourth-order valence-corrected chi connectivity index (χ4v) is 1.53. The van der Waals surface area contributed by atoms with Gasteiger partial charge >= 0.3 is 5.97 Å². The first-order valence-corrected chi connectivity index (χ1v) is 6.25. The minimum Gasteiger partial charge on any atom is -0.466 e. The number of carbonyl (C=O) groups is 1. The van der Waals surface area contributed by atoms with Gasteiger partial charge in [-0.25, -0.2) is 0 Å². The van der Waals surface area contributed by atoms with E-state index in [0.29, 0.717) is 13.0 Å². The number of ether oxygens (including phenoxy) is 1. The molecule has 0 spiro atoms. The van der Waals surface area contributed by atoms with Gasteiger partial charge in [0.15, 0.2) is 0 Å². The van der Waals surface area contributed by atoms with E-state index in [0.717, 1.165) is 45.3 Å². The minimum atomic E-state index is -0.0704. The summed E-state index contributed by atoms with van der Waals surface area (Å²) in [7, 11) is 2.11. The summed E-state index contributed by atoms with van der Waals surface area (Å²) in [6.07, 6.45) is 4.77. The predicted molar refractivity (Wildman–Crippen MR) is 66.3 cm³/mol. The van der Waals surface area contributed by atoms with E-state index in [1.807, 2.05) is 6.92 Å². The van der Waals surface area contributed by atoms with Gasteiger partial charge in [-0.2, -0.15) is 0 Å². The fraction of sp³-hybridized carbons (Fsp3) is 0.917. The molecule has 0 amide bonds. The molecule has 0 aromatic heterocycles. The standard InChI is InChI=1S/C12H26N2O2/c1-3-16-12(15)8-5-4-6-10-14(2)11-7-9-13/h3-11,13H2,1-2H3. The SMILES string of the molecule is CCOC(=O)CCCCCN(C)CCCN. The van der Waals surface area contributed by atoms with Gasteiger partial charge in [-0.3, -0.25) is 4.79 Å². The normalized spacial score (nSPS) is 10.8. The van der Waals surface area contributed by atoms with Crippen LogP contribution in [0.2, 0.25) is 0 Å². The number of esters is 1. The maximum atomic E-state index is 11.0. The van der Waals surface area contributed by atoms with Crippen molar-refractivity contribution >= 4 is 5.97 Å². The third-order valence-corrected chi connectivity index (χ3v) is 2.47. The molecule has 0 bridgehead atoms. The summed E-state index contributed by atoms with van der Waals surface area (Å²) >= 11 is 0. The molecule has 0 saturated carbocycles. The summed E-state index contributed by atoms with van der Waals surface area (Å²) < 4.78 is 4.86. The fourth-order valence-electron chi connectivity index (χ4n) is 1.53. The second-order valence-electron chi connectivity index (χ2n) is 4.06. The second kappa shape index (κ2) is 10.9. The van der Waals surface area contributed by atoms with E-state index in [9.17, 15) is 4.79 Å². The third-order valence-electron chi connectivity index (χ3n) is 2.47. The molecule has 0 fully saturated rings. The lowest BCUT2D eigenvalue weighted by molar-refractivity contribution is -0.143. The Balaban J connectivity index is 3.23. The van der Waals surface area contributed by atoms with Crippen LogP contribution in [-0.4, -0.2) is 44.2 Å². The molecule has 0 aromatic carbocycles. The van der Waals surface area contributed by atoms with Crippen LogP contribution in [0.3, 0.4) is 0 Å². The summed E-state index contributed by atoms with van der Waals surface area (Å²) in [5.74, 6) is -0.0704. The average molecular weight is 230 g/mol. The number of unbranched alkanes of at least 4 members (excludes halogenated alkanes) is 2. The molecule has 0 unspecified atom stereocenters. The number of nitrogens with two attached hydrogens (primary N) is 1. The maximum Gasteiger partial charge on any atom is 0.305 e. The lowest BCUT2D eigenvalue weighted by Crippen LogP contribution is -2.22. The Morgan fingerprint density at radius 3 is 2.50 bits per heavy atom. The van der Waals surface area contributed by atoms with Crippen molar-refractivity contribution in [3.05, 3.63) is 0 Å². The van der Waals surface area contributed by atoms with Crippen LogP contribution in [0.1, 0.15) is 39.0 Å². The predicted octanol–water partition coefficient (Wildman–Crippen LogP) is 1.39. The molecule has 0 rings (SSSR count). The Hall–Kier alpha value is -0.610. The number of rotatable bonds is 10. The summed E-state index contributed by atoms with van der Waals surface area (Å²) in [6, 6.07) is 0. The molecule has 2 N–H and O–H groups in total. The Morgan fingerprint density at radius 1 is 1.19 bits per heavy atom. The third kappa shape index (κ3) is 9.93. The number of nitrogens with zero attached hydrogens (tertiary/aromatic N) is 1. The molecule has 0 aliphatic rings. The van der Waals surface area contributed by atoms with Gasteiger partial charge in [-0.15, -0.1) is 0 Å². The van der Waals surface area contributed by atoms with Gasteiger partial charge in [0.1, 0.15) is 0 Å². The molecule has 4 heteroatoms. The van der Waals surface area contributed by atoms with Crippen molar-refractivity contribution in [3.8, 4) is 0 Å². The Bertz CT molecular complexity index is 174. The molecule has 4 nitrogen and oxygen atoms in total. The van der Waals surface area contributed by atoms with Crippen LogP contribution in [0.15, 0.2) is 0 Å². The first-order chi connectivity index (χ1) is 7.70. The second-order valence-corrected chi connectivity index (χ2v) is 4.06. The van der Waals surface area contributed by atoms with Gasteiger partial charge in [0.25, 0.3) is 0 Å². The van der Waals surface area contributed by atoms with Gasteiger partial charge in [-0.1, -0.05) is 6.42 Å². The molecule has 0 aliphatic carbocycles. The number of hydrogen-bond acceptors (Lipinski definition) is 4. The van der Waals surface area contributed by atoms with Gasteiger partial charge in [-0.05, 0) is 52.9 Å². The van der Waals surface area contributed by atoms with Crippen molar-refractivity contribution < 1.29 is 9.53 Å².